The van der Waals surface area contributed by atoms with E-state index in [0.29, 0.717) is 31.0 Å². The monoisotopic (exact) mass is 578 g/mol. The van der Waals surface area contributed by atoms with Crippen LogP contribution in [0.15, 0.2) is 16.5 Å². The first kappa shape index (κ1) is 31.3. The van der Waals surface area contributed by atoms with Crippen LogP contribution in [0.1, 0.15) is 79.8 Å². The molecular formula is C28H42N4O5S2. The zero-order valence-electron chi connectivity index (χ0n) is 23.4. The van der Waals surface area contributed by atoms with Crippen LogP contribution in [0.4, 0.5) is 4.79 Å². The number of ether oxygens (including phenoxy) is 2. The number of primary amides is 1. The van der Waals surface area contributed by atoms with Crippen LogP contribution in [0, 0.1) is 0 Å². The van der Waals surface area contributed by atoms with Crippen LogP contribution in [-0.2, 0) is 52.0 Å². The zero-order valence-corrected chi connectivity index (χ0v) is 25.1. The summed E-state index contributed by atoms with van der Waals surface area (Å²) in [4.78, 5) is 26.8. The van der Waals surface area contributed by atoms with E-state index in [4.69, 9.17) is 20.3 Å². The Bertz CT molecular complexity index is 1110. The molecule has 0 saturated carbocycles. The molecule has 2 aromatic rings. The molecule has 216 valence electrons. The van der Waals surface area contributed by atoms with E-state index >= 15 is 0 Å². The minimum Gasteiger partial charge on any atom is -0.444 e. The lowest BCUT2D eigenvalue weighted by Crippen LogP contribution is -2.33. The maximum absolute atomic E-state index is 11.4. The lowest BCUT2D eigenvalue weighted by Gasteiger charge is -2.21. The number of nitrogens with two attached hydrogens (primary N) is 2. The number of amides is 2. The van der Waals surface area contributed by atoms with Gasteiger partial charge in [0.25, 0.3) is 0 Å². The zero-order chi connectivity index (χ0) is 28.6. The maximum Gasteiger partial charge on any atom is 0.407 e. The fourth-order valence-electron chi connectivity index (χ4n) is 4.90. The molecule has 1 unspecified atom stereocenters. The van der Waals surface area contributed by atoms with Gasteiger partial charge in [0, 0.05) is 13.2 Å². The van der Waals surface area contributed by atoms with E-state index in [1.54, 1.807) is 13.1 Å². The van der Waals surface area contributed by atoms with Gasteiger partial charge in [-0.05, 0) is 112 Å². The largest absolute Gasteiger partial charge is 0.444 e. The van der Waals surface area contributed by atoms with Crippen LogP contribution >= 0.6 is 23.3 Å². The summed E-state index contributed by atoms with van der Waals surface area (Å²) in [5.41, 5.74) is 10.9. The molecule has 0 spiro atoms. The number of thiazole rings is 1. The summed E-state index contributed by atoms with van der Waals surface area (Å²) in [6.45, 7) is 8.07. The van der Waals surface area contributed by atoms with Crippen molar-refractivity contribution in [1.82, 2.24) is 10.3 Å². The van der Waals surface area contributed by atoms with Crippen molar-refractivity contribution in [2.45, 2.75) is 94.5 Å². The Morgan fingerprint density at radius 2 is 1.77 bits per heavy atom. The third-order valence-electron chi connectivity index (χ3n) is 6.53. The smallest absolute Gasteiger partial charge is 0.407 e. The summed E-state index contributed by atoms with van der Waals surface area (Å²) in [6, 6.07) is 2.38. The summed E-state index contributed by atoms with van der Waals surface area (Å²) < 4.78 is 11.4. The number of aliphatic hydroxyl groups is 1. The number of aromatic nitrogens is 1. The van der Waals surface area contributed by atoms with Crippen LogP contribution in [0.25, 0.3) is 0 Å². The van der Waals surface area contributed by atoms with Gasteiger partial charge in [0.1, 0.15) is 16.2 Å². The van der Waals surface area contributed by atoms with Crippen molar-refractivity contribution in [2.24, 2.45) is 10.9 Å². The predicted molar refractivity (Wildman–Crippen MR) is 155 cm³/mol. The van der Waals surface area contributed by atoms with E-state index in [-0.39, 0.29) is 12.5 Å². The normalized spacial score (nSPS) is 15.5. The Hall–Kier alpha value is -2.18. The van der Waals surface area contributed by atoms with Crippen molar-refractivity contribution >= 4 is 35.3 Å². The Morgan fingerprint density at radius 1 is 1.13 bits per heavy atom. The van der Waals surface area contributed by atoms with E-state index in [0.717, 1.165) is 29.0 Å². The van der Waals surface area contributed by atoms with E-state index in [1.807, 2.05) is 20.8 Å². The molecule has 1 aromatic carbocycles. The number of alkyl carbamates (subject to hydrolysis) is 1. The summed E-state index contributed by atoms with van der Waals surface area (Å²) in [5, 5.41) is 19.0. The number of aryl methyl sites for hydroxylation is 2. The van der Waals surface area contributed by atoms with Gasteiger partial charge >= 0.3 is 6.09 Å². The molecule has 0 radical (unpaired) electrons. The molecule has 0 bridgehead atoms. The Labute approximate surface area is 239 Å². The molecule has 0 aliphatic heterocycles. The van der Waals surface area contributed by atoms with Gasteiger partial charge in [-0.15, -0.1) is 11.3 Å². The first-order valence-corrected chi connectivity index (χ1v) is 15.1. The molecule has 39 heavy (non-hydrogen) atoms. The summed E-state index contributed by atoms with van der Waals surface area (Å²) in [6.07, 6.45) is 9.40. The number of nitrogens with one attached hydrogen (secondary N) is 1. The summed E-state index contributed by atoms with van der Waals surface area (Å²) in [7, 11) is 0. The lowest BCUT2D eigenvalue weighted by molar-refractivity contribution is -0.117. The molecule has 1 heterocycles. The molecule has 1 aromatic heterocycles. The van der Waals surface area contributed by atoms with Crippen molar-refractivity contribution in [3.05, 3.63) is 45.1 Å². The summed E-state index contributed by atoms with van der Waals surface area (Å²) in [5.74, 6) is -0.186. The average molecular weight is 579 g/mol. The fraction of sp³-hybridized carbons (Fsp3) is 0.607. The standard InChI is InChI=1S/C14H25N3O4S2.C14H17NO/c1-13(2,3)21-12(18)16-6-5-7-20-9-14(4,19)11-17-8-10(22-11)23-15;15-14(16)8-13-11-5-1-3-9(11)7-10-4-2-6-12(10)13/h8,19H,5-7,9,15H2,1-4H3,(H,16,18);7H,1-6,8H2,(H2,15,16). The topological polar surface area (TPSA) is 150 Å². The van der Waals surface area contributed by atoms with E-state index in [2.05, 4.69) is 16.4 Å². The molecule has 11 heteroatoms. The van der Waals surface area contributed by atoms with Crippen molar-refractivity contribution in [2.75, 3.05) is 19.8 Å². The highest BCUT2D eigenvalue weighted by Gasteiger charge is 2.27. The van der Waals surface area contributed by atoms with Crippen molar-refractivity contribution in [3.8, 4) is 0 Å². The van der Waals surface area contributed by atoms with Gasteiger partial charge < -0.3 is 25.6 Å². The van der Waals surface area contributed by atoms with E-state index in [1.165, 1.54) is 64.8 Å². The quantitative estimate of drug-likeness (QED) is 0.245. The molecule has 2 amide bonds. The Morgan fingerprint density at radius 3 is 2.31 bits per heavy atom. The number of benzene rings is 1. The highest BCUT2D eigenvalue weighted by Crippen LogP contribution is 2.35. The minimum atomic E-state index is -1.16. The first-order valence-electron chi connectivity index (χ1n) is 13.4. The molecule has 0 fully saturated rings. The van der Waals surface area contributed by atoms with Crippen molar-refractivity contribution in [3.63, 3.8) is 0 Å². The second-order valence-corrected chi connectivity index (χ2v) is 13.2. The van der Waals surface area contributed by atoms with Gasteiger partial charge in [0.15, 0.2) is 0 Å². The first-order chi connectivity index (χ1) is 18.4. The second-order valence-electron chi connectivity index (χ2n) is 11.2. The molecule has 6 N–H and O–H groups in total. The van der Waals surface area contributed by atoms with Crippen molar-refractivity contribution in [1.29, 1.82) is 0 Å². The van der Waals surface area contributed by atoms with Gasteiger partial charge in [-0.25, -0.2) is 9.78 Å². The van der Waals surface area contributed by atoms with Crippen LogP contribution in [-0.4, -0.2) is 47.5 Å². The number of hydrogen-bond acceptors (Lipinski definition) is 9. The highest BCUT2D eigenvalue weighted by atomic mass is 32.2. The molecule has 2 aliphatic carbocycles. The highest BCUT2D eigenvalue weighted by molar-refractivity contribution is 7.99. The van der Waals surface area contributed by atoms with Crippen LogP contribution in [0.5, 0.6) is 0 Å². The summed E-state index contributed by atoms with van der Waals surface area (Å²) >= 11 is 2.44. The van der Waals surface area contributed by atoms with Gasteiger partial charge in [0.05, 0.1) is 23.4 Å². The third kappa shape index (κ3) is 9.46. The molecule has 0 saturated heterocycles. The van der Waals surface area contributed by atoms with Crippen LogP contribution in [0.2, 0.25) is 0 Å². The van der Waals surface area contributed by atoms with Gasteiger partial charge in [-0.3, -0.25) is 9.93 Å². The molecule has 4 rings (SSSR count). The van der Waals surface area contributed by atoms with E-state index in [9.17, 15) is 14.7 Å². The molecule has 2 aliphatic rings. The Kier molecular flexibility index (Phi) is 11.2. The number of hydrogen-bond donors (Lipinski definition) is 4. The van der Waals surface area contributed by atoms with Crippen molar-refractivity contribution < 1.29 is 24.2 Å². The van der Waals surface area contributed by atoms with E-state index < -0.39 is 17.3 Å². The number of carbonyl (C=O) groups excluding carboxylic acids is 2. The third-order valence-corrected chi connectivity index (χ3v) is 8.45. The molecule has 1 atom stereocenters. The number of rotatable bonds is 10. The average Bonchev–Trinajstić information content (AvgIpc) is 3.60. The van der Waals surface area contributed by atoms with Gasteiger partial charge in [-0.2, -0.15) is 0 Å². The SMILES string of the molecule is CC(C)(C)OC(=O)NCCCOCC(C)(O)c1ncc(SN)s1.NC(=O)Cc1c2c(cc3c1CCC3)CCC2. The van der Waals surface area contributed by atoms with Gasteiger partial charge in [-0.1, -0.05) is 6.07 Å². The predicted octanol–water partition coefficient (Wildman–Crippen LogP) is 3.94. The maximum atomic E-state index is 11.4. The molecule has 9 nitrogen and oxygen atoms in total. The second kappa shape index (κ2) is 13.9. The van der Waals surface area contributed by atoms with Crippen LogP contribution in [0.3, 0.4) is 0 Å². The number of carbonyl (C=O) groups is 2. The van der Waals surface area contributed by atoms with Crippen LogP contribution < -0.4 is 16.2 Å². The minimum absolute atomic E-state index is 0.127. The number of fused-ring (bicyclic) bond motifs is 2. The Balaban J connectivity index is 0.000000228. The lowest BCUT2D eigenvalue weighted by atomic mass is 9.92. The molecular weight excluding hydrogens is 536 g/mol. The fourth-order valence-corrected chi connectivity index (χ4v) is 6.12. The number of nitrogens with zero attached hydrogens (tertiary/aromatic N) is 1. The van der Waals surface area contributed by atoms with Gasteiger partial charge in [0.2, 0.25) is 5.91 Å².